The van der Waals surface area contributed by atoms with E-state index in [1.54, 1.807) is 16.9 Å². The minimum absolute atomic E-state index is 0.318. The number of nitrogen functional groups attached to an aromatic ring is 1. The fourth-order valence-corrected chi connectivity index (χ4v) is 1.57. The Hall–Kier alpha value is -1.99. The van der Waals surface area contributed by atoms with E-state index in [2.05, 4.69) is 11.2 Å². The first-order valence-electron chi connectivity index (χ1n) is 4.66. The highest BCUT2D eigenvalue weighted by Crippen LogP contribution is 2.16. The summed E-state index contributed by atoms with van der Waals surface area (Å²) in [6.07, 6.45) is 1.66. The van der Waals surface area contributed by atoms with Crippen LogP contribution in [0.4, 0.5) is 5.82 Å². The van der Waals surface area contributed by atoms with Gasteiger partial charge in [-0.3, -0.25) is 4.68 Å². The SMILES string of the molecule is N#Cc1cccc(Cn2cc(Cl)c(N)n2)c1. The van der Waals surface area contributed by atoms with Gasteiger partial charge in [-0.1, -0.05) is 23.7 Å². The smallest absolute Gasteiger partial charge is 0.164 e. The molecule has 0 amide bonds. The molecule has 0 unspecified atom stereocenters. The summed E-state index contributed by atoms with van der Waals surface area (Å²) in [7, 11) is 0. The summed E-state index contributed by atoms with van der Waals surface area (Å²) in [5, 5.41) is 13.2. The molecule has 1 aromatic heterocycles. The lowest BCUT2D eigenvalue weighted by Crippen LogP contribution is -2.01. The van der Waals surface area contributed by atoms with E-state index in [0.717, 1.165) is 5.56 Å². The number of halogens is 1. The van der Waals surface area contributed by atoms with Crippen LogP contribution in [0, 0.1) is 11.3 Å². The Bertz CT molecular complexity index is 534. The summed E-state index contributed by atoms with van der Waals surface area (Å²) in [4.78, 5) is 0. The van der Waals surface area contributed by atoms with E-state index in [9.17, 15) is 0 Å². The van der Waals surface area contributed by atoms with E-state index in [4.69, 9.17) is 22.6 Å². The monoisotopic (exact) mass is 232 g/mol. The van der Waals surface area contributed by atoms with E-state index in [1.807, 2.05) is 18.2 Å². The second kappa shape index (κ2) is 4.25. The van der Waals surface area contributed by atoms with Gasteiger partial charge in [0.25, 0.3) is 0 Å². The molecule has 1 aromatic carbocycles. The van der Waals surface area contributed by atoms with Crippen LogP contribution in [0.3, 0.4) is 0 Å². The van der Waals surface area contributed by atoms with Gasteiger partial charge in [-0.05, 0) is 17.7 Å². The standard InChI is InChI=1S/C11H9ClN4/c12-10-7-16(15-11(10)14)6-9-3-1-2-8(4-9)5-13/h1-4,7H,6H2,(H2,14,15). The van der Waals surface area contributed by atoms with E-state index in [0.29, 0.717) is 22.9 Å². The number of rotatable bonds is 2. The number of nitrogens with two attached hydrogens (primary N) is 1. The molecular weight excluding hydrogens is 224 g/mol. The van der Waals surface area contributed by atoms with Gasteiger partial charge in [0.2, 0.25) is 0 Å². The molecule has 0 saturated heterocycles. The van der Waals surface area contributed by atoms with E-state index >= 15 is 0 Å². The number of anilines is 1. The number of benzene rings is 1. The van der Waals surface area contributed by atoms with Crippen LogP contribution >= 0.6 is 11.6 Å². The summed E-state index contributed by atoms with van der Waals surface area (Å²) >= 11 is 5.79. The minimum Gasteiger partial charge on any atom is -0.381 e. The van der Waals surface area contributed by atoms with Crippen LogP contribution in [-0.4, -0.2) is 9.78 Å². The second-order valence-corrected chi connectivity index (χ2v) is 3.78. The van der Waals surface area contributed by atoms with Gasteiger partial charge in [-0.15, -0.1) is 0 Å². The van der Waals surface area contributed by atoms with Crippen molar-refractivity contribution in [2.75, 3.05) is 5.73 Å². The molecule has 1 heterocycles. The van der Waals surface area contributed by atoms with Gasteiger partial charge in [-0.2, -0.15) is 10.4 Å². The molecule has 80 valence electrons. The number of hydrogen-bond acceptors (Lipinski definition) is 3. The van der Waals surface area contributed by atoms with Gasteiger partial charge in [0, 0.05) is 6.20 Å². The Morgan fingerprint density at radius 1 is 1.50 bits per heavy atom. The Kier molecular flexibility index (Phi) is 2.80. The Morgan fingerprint density at radius 3 is 2.94 bits per heavy atom. The summed E-state index contributed by atoms with van der Waals surface area (Å²) in [5.41, 5.74) is 7.15. The molecule has 0 saturated carbocycles. The molecule has 0 aliphatic rings. The fourth-order valence-electron chi connectivity index (χ4n) is 1.42. The zero-order valence-electron chi connectivity index (χ0n) is 8.39. The topological polar surface area (TPSA) is 67.6 Å². The first-order valence-corrected chi connectivity index (χ1v) is 5.04. The van der Waals surface area contributed by atoms with Crippen molar-refractivity contribution < 1.29 is 0 Å². The third kappa shape index (κ3) is 2.15. The highest BCUT2D eigenvalue weighted by Gasteiger charge is 2.03. The second-order valence-electron chi connectivity index (χ2n) is 3.37. The highest BCUT2D eigenvalue weighted by atomic mass is 35.5. The lowest BCUT2D eigenvalue weighted by atomic mass is 10.1. The van der Waals surface area contributed by atoms with Gasteiger partial charge in [0.15, 0.2) is 5.82 Å². The minimum atomic E-state index is 0.318. The number of nitriles is 1. The molecule has 0 aliphatic carbocycles. The third-order valence-electron chi connectivity index (χ3n) is 2.14. The van der Waals surface area contributed by atoms with Crippen LogP contribution in [0.5, 0.6) is 0 Å². The fraction of sp³-hybridized carbons (Fsp3) is 0.0909. The third-order valence-corrected chi connectivity index (χ3v) is 2.44. The average Bonchev–Trinajstić information content (AvgIpc) is 2.58. The molecule has 4 nitrogen and oxygen atoms in total. The van der Waals surface area contributed by atoms with Crippen molar-refractivity contribution in [3.05, 3.63) is 46.6 Å². The van der Waals surface area contributed by atoms with Crippen molar-refractivity contribution in [3.63, 3.8) is 0 Å². The molecule has 0 radical (unpaired) electrons. The Labute approximate surface area is 97.9 Å². The lowest BCUT2D eigenvalue weighted by Gasteiger charge is -2.01. The lowest BCUT2D eigenvalue weighted by molar-refractivity contribution is 0.690. The molecule has 2 rings (SSSR count). The Balaban J connectivity index is 2.24. The van der Waals surface area contributed by atoms with Gasteiger partial charge in [0.1, 0.15) is 5.02 Å². The van der Waals surface area contributed by atoms with E-state index < -0.39 is 0 Å². The van der Waals surface area contributed by atoms with Crippen molar-refractivity contribution in [2.45, 2.75) is 6.54 Å². The summed E-state index contributed by atoms with van der Waals surface area (Å²) in [5.74, 6) is 0.318. The predicted octanol–water partition coefficient (Wildman–Crippen LogP) is 2.04. The molecule has 16 heavy (non-hydrogen) atoms. The molecule has 0 spiro atoms. The maximum absolute atomic E-state index is 8.76. The van der Waals surface area contributed by atoms with E-state index in [-0.39, 0.29) is 0 Å². The summed E-state index contributed by atoms with van der Waals surface area (Å²) < 4.78 is 1.65. The zero-order chi connectivity index (χ0) is 11.5. The van der Waals surface area contributed by atoms with E-state index in [1.165, 1.54) is 0 Å². The molecule has 2 aromatic rings. The number of hydrogen-bond donors (Lipinski definition) is 1. The van der Waals surface area contributed by atoms with Crippen LogP contribution in [0.2, 0.25) is 5.02 Å². The first kappa shape index (κ1) is 10.5. The largest absolute Gasteiger partial charge is 0.381 e. The summed E-state index contributed by atoms with van der Waals surface area (Å²) in [6, 6.07) is 9.42. The average molecular weight is 233 g/mol. The van der Waals surface area contributed by atoms with Crippen LogP contribution in [0.25, 0.3) is 0 Å². The molecular formula is C11H9ClN4. The van der Waals surface area contributed by atoms with Crippen molar-refractivity contribution in [2.24, 2.45) is 0 Å². The van der Waals surface area contributed by atoms with Crippen molar-refractivity contribution >= 4 is 17.4 Å². The van der Waals surface area contributed by atoms with Gasteiger partial charge in [-0.25, -0.2) is 0 Å². The zero-order valence-corrected chi connectivity index (χ0v) is 9.15. The molecule has 2 N–H and O–H groups in total. The van der Waals surface area contributed by atoms with Crippen molar-refractivity contribution in [3.8, 4) is 6.07 Å². The normalized spacial score (nSPS) is 10.0. The Morgan fingerprint density at radius 2 is 2.31 bits per heavy atom. The molecule has 5 heteroatoms. The quantitative estimate of drug-likeness (QED) is 0.862. The molecule has 0 bridgehead atoms. The highest BCUT2D eigenvalue weighted by molar-refractivity contribution is 6.32. The maximum Gasteiger partial charge on any atom is 0.164 e. The molecule has 0 aliphatic heterocycles. The van der Waals surface area contributed by atoms with Gasteiger partial charge >= 0.3 is 0 Å². The van der Waals surface area contributed by atoms with Crippen LogP contribution in [-0.2, 0) is 6.54 Å². The maximum atomic E-state index is 8.76. The van der Waals surface area contributed by atoms with Gasteiger partial charge in [0.05, 0.1) is 18.2 Å². The van der Waals surface area contributed by atoms with Crippen LogP contribution < -0.4 is 5.73 Å². The van der Waals surface area contributed by atoms with Crippen LogP contribution in [0.15, 0.2) is 30.5 Å². The summed E-state index contributed by atoms with van der Waals surface area (Å²) in [6.45, 7) is 0.548. The van der Waals surface area contributed by atoms with Crippen molar-refractivity contribution in [1.82, 2.24) is 9.78 Å². The first-order chi connectivity index (χ1) is 7.69. The van der Waals surface area contributed by atoms with Gasteiger partial charge < -0.3 is 5.73 Å². The predicted molar refractivity (Wildman–Crippen MR) is 61.9 cm³/mol. The molecule has 0 fully saturated rings. The molecule has 0 atom stereocenters. The number of aromatic nitrogens is 2. The number of nitrogens with zero attached hydrogens (tertiary/aromatic N) is 3. The van der Waals surface area contributed by atoms with Crippen molar-refractivity contribution in [1.29, 1.82) is 5.26 Å². The van der Waals surface area contributed by atoms with Crippen LogP contribution in [0.1, 0.15) is 11.1 Å².